The first kappa shape index (κ1) is 14.6. The van der Waals surface area contributed by atoms with Crippen molar-refractivity contribution in [1.29, 1.82) is 0 Å². The number of aromatic carboxylic acids is 2. The Morgan fingerprint density at radius 3 is 2.05 bits per heavy atom. The van der Waals surface area contributed by atoms with Crippen LogP contribution in [0.2, 0.25) is 0 Å². The van der Waals surface area contributed by atoms with Gasteiger partial charge in [-0.15, -0.1) is 0 Å². The molecule has 2 aromatic rings. The molecular formula is C16H14O5. The quantitative estimate of drug-likeness (QED) is 0.902. The van der Waals surface area contributed by atoms with E-state index in [-0.39, 0.29) is 16.7 Å². The molecule has 0 saturated carbocycles. The van der Waals surface area contributed by atoms with Crippen LogP contribution < -0.4 is 4.74 Å². The van der Waals surface area contributed by atoms with Crippen LogP contribution in [0, 0.1) is 6.92 Å². The lowest BCUT2D eigenvalue weighted by Gasteiger charge is -2.12. The largest absolute Gasteiger partial charge is 0.497 e. The summed E-state index contributed by atoms with van der Waals surface area (Å²) in [6.07, 6.45) is 0. The van der Waals surface area contributed by atoms with Crippen molar-refractivity contribution in [3.63, 3.8) is 0 Å². The summed E-state index contributed by atoms with van der Waals surface area (Å²) in [6.45, 7) is 1.66. The van der Waals surface area contributed by atoms with Gasteiger partial charge in [-0.05, 0) is 42.3 Å². The second kappa shape index (κ2) is 5.66. The van der Waals surface area contributed by atoms with Crippen LogP contribution in [0.25, 0.3) is 11.1 Å². The van der Waals surface area contributed by atoms with Gasteiger partial charge in [-0.2, -0.15) is 0 Å². The molecule has 0 radical (unpaired) electrons. The van der Waals surface area contributed by atoms with Crippen LogP contribution in [0.3, 0.4) is 0 Å². The Morgan fingerprint density at radius 1 is 1.00 bits per heavy atom. The van der Waals surface area contributed by atoms with Crippen molar-refractivity contribution in [3.05, 3.63) is 53.1 Å². The first-order valence-corrected chi connectivity index (χ1v) is 6.19. The van der Waals surface area contributed by atoms with E-state index in [1.54, 1.807) is 31.2 Å². The predicted molar refractivity (Wildman–Crippen MR) is 77.1 cm³/mol. The minimum absolute atomic E-state index is 0.0411. The van der Waals surface area contributed by atoms with E-state index in [1.165, 1.54) is 19.2 Å². The number of carboxylic acid groups (broad SMARTS) is 2. The monoisotopic (exact) mass is 286 g/mol. The smallest absolute Gasteiger partial charge is 0.336 e. The van der Waals surface area contributed by atoms with Gasteiger partial charge in [0.05, 0.1) is 18.2 Å². The van der Waals surface area contributed by atoms with Gasteiger partial charge in [0.15, 0.2) is 0 Å². The normalized spacial score (nSPS) is 10.2. The second-order valence-electron chi connectivity index (χ2n) is 4.58. The van der Waals surface area contributed by atoms with Gasteiger partial charge >= 0.3 is 11.9 Å². The summed E-state index contributed by atoms with van der Waals surface area (Å²) in [4.78, 5) is 22.9. The molecule has 0 amide bonds. The van der Waals surface area contributed by atoms with Crippen LogP contribution in [0.15, 0.2) is 36.4 Å². The van der Waals surface area contributed by atoms with Gasteiger partial charge in [0.2, 0.25) is 0 Å². The van der Waals surface area contributed by atoms with Crippen molar-refractivity contribution in [2.24, 2.45) is 0 Å². The fraction of sp³-hybridized carbons (Fsp3) is 0.125. The molecule has 0 aliphatic rings. The molecular weight excluding hydrogens is 272 g/mol. The fourth-order valence-electron chi connectivity index (χ4n) is 2.21. The molecule has 0 spiro atoms. The number of aryl methyl sites for hydroxylation is 1. The number of ether oxygens (including phenoxy) is 1. The number of hydrogen-bond acceptors (Lipinski definition) is 3. The molecule has 0 atom stereocenters. The SMILES string of the molecule is COc1cccc(-c2c(C(=O)O)cc(C)cc2C(=O)O)c1. The summed E-state index contributed by atoms with van der Waals surface area (Å²) >= 11 is 0. The van der Waals surface area contributed by atoms with E-state index in [4.69, 9.17) is 4.74 Å². The summed E-state index contributed by atoms with van der Waals surface area (Å²) in [5.41, 5.74) is 1.17. The van der Waals surface area contributed by atoms with E-state index >= 15 is 0 Å². The molecule has 21 heavy (non-hydrogen) atoms. The van der Waals surface area contributed by atoms with E-state index in [0.717, 1.165) is 0 Å². The Kier molecular flexibility index (Phi) is 3.93. The van der Waals surface area contributed by atoms with Gasteiger partial charge in [0.25, 0.3) is 0 Å². The summed E-state index contributed by atoms with van der Waals surface area (Å²) in [6, 6.07) is 9.59. The highest BCUT2D eigenvalue weighted by Crippen LogP contribution is 2.31. The number of carbonyl (C=O) groups is 2. The minimum Gasteiger partial charge on any atom is -0.497 e. The van der Waals surface area contributed by atoms with E-state index in [0.29, 0.717) is 16.9 Å². The molecule has 0 fully saturated rings. The minimum atomic E-state index is -1.17. The third kappa shape index (κ3) is 2.86. The van der Waals surface area contributed by atoms with Crippen molar-refractivity contribution >= 4 is 11.9 Å². The average molecular weight is 286 g/mol. The molecule has 0 aromatic heterocycles. The molecule has 2 N–H and O–H groups in total. The lowest BCUT2D eigenvalue weighted by Crippen LogP contribution is -2.08. The van der Waals surface area contributed by atoms with Crippen molar-refractivity contribution in [3.8, 4) is 16.9 Å². The van der Waals surface area contributed by atoms with Crippen LogP contribution in [-0.2, 0) is 0 Å². The van der Waals surface area contributed by atoms with Gasteiger partial charge < -0.3 is 14.9 Å². The topological polar surface area (TPSA) is 83.8 Å². The highest BCUT2D eigenvalue weighted by molar-refractivity contribution is 6.05. The standard InChI is InChI=1S/C16H14O5/c1-9-6-12(15(17)18)14(13(7-9)16(19)20)10-4-3-5-11(8-10)21-2/h3-8H,1-2H3,(H,17,18)(H,19,20). The highest BCUT2D eigenvalue weighted by atomic mass is 16.5. The zero-order valence-corrected chi connectivity index (χ0v) is 11.6. The second-order valence-corrected chi connectivity index (χ2v) is 4.58. The average Bonchev–Trinajstić information content (AvgIpc) is 2.46. The first-order valence-electron chi connectivity index (χ1n) is 6.19. The van der Waals surface area contributed by atoms with Gasteiger partial charge in [0, 0.05) is 5.56 Å². The Bertz CT molecular complexity index is 683. The van der Waals surface area contributed by atoms with E-state index in [2.05, 4.69) is 0 Å². The molecule has 0 bridgehead atoms. The molecule has 108 valence electrons. The van der Waals surface area contributed by atoms with Gasteiger partial charge in [-0.25, -0.2) is 9.59 Å². The van der Waals surface area contributed by atoms with Gasteiger partial charge in [-0.3, -0.25) is 0 Å². The summed E-state index contributed by atoms with van der Waals surface area (Å²) < 4.78 is 5.11. The molecule has 0 aliphatic carbocycles. The van der Waals surface area contributed by atoms with Crippen LogP contribution in [0.5, 0.6) is 5.75 Å². The summed E-state index contributed by atoms with van der Waals surface area (Å²) in [5, 5.41) is 18.7. The zero-order valence-electron chi connectivity index (χ0n) is 11.6. The molecule has 0 aliphatic heterocycles. The van der Waals surface area contributed by atoms with Crippen LogP contribution in [0.4, 0.5) is 0 Å². The maximum absolute atomic E-state index is 11.5. The predicted octanol–water partition coefficient (Wildman–Crippen LogP) is 3.07. The molecule has 0 heterocycles. The summed E-state index contributed by atoms with van der Waals surface area (Å²) in [5.74, 6) is -1.81. The molecule has 5 nitrogen and oxygen atoms in total. The molecule has 0 saturated heterocycles. The zero-order chi connectivity index (χ0) is 15.6. The van der Waals surface area contributed by atoms with Crippen LogP contribution in [0.1, 0.15) is 26.3 Å². The Morgan fingerprint density at radius 2 is 1.57 bits per heavy atom. The third-order valence-corrected chi connectivity index (χ3v) is 3.10. The van der Waals surface area contributed by atoms with E-state index < -0.39 is 11.9 Å². The summed E-state index contributed by atoms with van der Waals surface area (Å²) in [7, 11) is 1.49. The Labute approximate surface area is 121 Å². The molecule has 5 heteroatoms. The Balaban J connectivity index is 2.81. The molecule has 2 rings (SSSR count). The maximum atomic E-state index is 11.5. The third-order valence-electron chi connectivity index (χ3n) is 3.10. The van der Waals surface area contributed by atoms with Crippen molar-refractivity contribution in [2.75, 3.05) is 7.11 Å². The van der Waals surface area contributed by atoms with E-state index in [1.807, 2.05) is 0 Å². The van der Waals surface area contributed by atoms with Crippen molar-refractivity contribution < 1.29 is 24.5 Å². The van der Waals surface area contributed by atoms with Crippen LogP contribution in [-0.4, -0.2) is 29.3 Å². The number of hydrogen-bond donors (Lipinski definition) is 2. The number of rotatable bonds is 4. The van der Waals surface area contributed by atoms with Crippen LogP contribution >= 0.6 is 0 Å². The number of benzene rings is 2. The highest BCUT2D eigenvalue weighted by Gasteiger charge is 2.21. The Hall–Kier alpha value is -2.82. The molecule has 2 aromatic carbocycles. The van der Waals surface area contributed by atoms with Gasteiger partial charge in [-0.1, -0.05) is 12.1 Å². The van der Waals surface area contributed by atoms with Gasteiger partial charge in [0.1, 0.15) is 5.75 Å². The lowest BCUT2D eigenvalue weighted by molar-refractivity contribution is 0.0696. The maximum Gasteiger partial charge on any atom is 0.336 e. The fourth-order valence-corrected chi connectivity index (χ4v) is 2.21. The number of carboxylic acids is 2. The number of methoxy groups -OCH3 is 1. The van der Waals surface area contributed by atoms with Crippen molar-refractivity contribution in [2.45, 2.75) is 6.92 Å². The van der Waals surface area contributed by atoms with Crippen molar-refractivity contribution in [1.82, 2.24) is 0 Å². The van der Waals surface area contributed by atoms with E-state index in [9.17, 15) is 19.8 Å². The lowest BCUT2D eigenvalue weighted by atomic mass is 9.92. The molecule has 0 unspecified atom stereocenters. The first-order chi connectivity index (χ1) is 9.93.